The minimum atomic E-state index is -1.65. The number of hydrogen-bond donors (Lipinski definition) is 3. The highest BCUT2D eigenvalue weighted by Gasteiger charge is 2.46. The quantitative estimate of drug-likeness (QED) is 0.0916. The summed E-state index contributed by atoms with van der Waals surface area (Å²) in [6.07, 6.45) is 3.11. The minimum absolute atomic E-state index is 0.0185. The van der Waals surface area contributed by atoms with Crippen LogP contribution in [0.1, 0.15) is 118 Å². The van der Waals surface area contributed by atoms with E-state index < -0.39 is 77.4 Å². The normalized spacial score (nSPS) is 17.0. The molecule has 3 atom stereocenters. The molecule has 2 rings (SSSR count). The van der Waals surface area contributed by atoms with Crippen LogP contribution in [0.15, 0.2) is 30.0 Å². The first-order chi connectivity index (χ1) is 24.1. The zero-order valence-corrected chi connectivity index (χ0v) is 33.0. The van der Waals surface area contributed by atoms with Crippen LogP contribution >= 0.6 is 23.2 Å². The van der Waals surface area contributed by atoms with Gasteiger partial charge in [0.05, 0.1) is 40.2 Å². The number of hydroxylamine groups is 1. The summed E-state index contributed by atoms with van der Waals surface area (Å²) in [5, 5.41) is 5.57. The summed E-state index contributed by atoms with van der Waals surface area (Å²) in [4.78, 5) is 84.4. The molecule has 0 spiro atoms. The lowest BCUT2D eigenvalue weighted by Crippen LogP contribution is -2.54. The van der Waals surface area contributed by atoms with Gasteiger partial charge >= 0.3 is 17.9 Å². The number of unbranched alkanes of at least 4 members (excludes halogenated alkanes) is 2. The van der Waals surface area contributed by atoms with Gasteiger partial charge in [0.15, 0.2) is 18.0 Å². The van der Waals surface area contributed by atoms with Crippen LogP contribution in [-0.4, -0.2) is 71.0 Å². The lowest BCUT2D eigenvalue weighted by Gasteiger charge is -2.28. The maximum Gasteiger partial charge on any atom is 0.341 e. The number of benzene rings is 1. The average molecular weight is 771 g/mol. The minimum Gasteiger partial charge on any atom is -0.460 e. The van der Waals surface area contributed by atoms with E-state index in [0.29, 0.717) is 12.1 Å². The summed E-state index contributed by atoms with van der Waals surface area (Å²) in [6.45, 7) is 15.1. The number of carbonyl (C=O) groups is 6. The number of ether oxygens (including phenoxy) is 3. The standard InChI is InChI=1S/C37H53Cl2N3O10/c1-10-11-12-18-37(20-26(42-52-37)32(22(2)3)41-28(44)16-17-29(45)50-35(4,5)6)34(48)40-25(19-30(46)51-36(7,8)9)27(43)21-49-33(47)31-23(38)14-13-15-24(31)39/h13-15,20,22,25,32,42H,10-12,16-19,21H2,1-9H3,(H,40,48)(H,41,44)/t25-,32-,37?/m0/s1. The molecule has 0 fully saturated rings. The number of Topliss-reactive ketones (excluding diaryl/α,β-unsaturated/α-hetero) is 1. The summed E-state index contributed by atoms with van der Waals surface area (Å²) in [5.74, 6) is -4.37. The van der Waals surface area contributed by atoms with Gasteiger partial charge in [-0.1, -0.05) is 62.9 Å². The molecule has 0 bridgehead atoms. The average Bonchev–Trinajstić information content (AvgIpc) is 3.44. The van der Waals surface area contributed by atoms with Crippen LogP contribution in [0.3, 0.4) is 0 Å². The molecule has 3 N–H and O–H groups in total. The molecule has 1 heterocycles. The molecular formula is C37H53Cl2N3O10. The first kappa shape index (κ1) is 44.5. The first-order valence-electron chi connectivity index (χ1n) is 17.4. The molecule has 1 aromatic rings. The second-order valence-electron chi connectivity index (χ2n) is 15.0. The molecule has 0 radical (unpaired) electrons. The van der Waals surface area contributed by atoms with Gasteiger partial charge in [0.2, 0.25) is 5.91 Å². The number of hydrogen-bond acceptors (Lipinski definition) is 11. The van der Waals surface area contributed by atoms with Crippen LogP contribution in [-0.2, 0) is 43.0 Å². The van der Waals surface area contributed by atoms with Crippen LogP contribution in [0.4, 0.5) is 0 Å². The molecule has 13 nitrogen and oxygen atoms in total. The van der Waals surface area contributed by atoms with Crippen molar-refractivity contribution >= 4 is 58.7 Å². The van der Waals surface area contributed by atoms with Crippen molar-refractivity contribution in [2.24, 2.45) is 5.92 Å². The van der Waals surface area contributed by atoms with E-state index in [9.17, 15) is 28.8 Å². The Morgan fingerprint density at radius 2 is 1.48 bits per heavy atom. The second-order valence-corrected chi connectivity index (χ2v) is 15.8. The van der Waals surface area contributed by atoms with E-state index in [1.54, 1.807) is 53.7 Å². The maximum absolute atomic E-state index is 14.1. The van der Waals surface area contributed by atoms with Gasteiger partial charge in [0, 0.05) is 6.42 Å². The fourth-order valence-corrected chi connectivity index (χ4v) is 5.69. The predicted octanol–water partition coefficient (Wildman–Crippen LogP) is 5.94. The van der Waals surface area contributed by atoms with Gasteiger partial charge < -0.3 is 24.8 Å². The van der Waals surface area contributed by atoms with Crippen molar-refractivity contribution < 1.29 is 47.8 Å². The number of rotatable bonds is 18. The van der Waals surface area contributed by atoms with Crippen LogP contribution in [0.25, 0.3) is 0 Å². The molecule has 2 amide bonds. The van der Waals surface area contributed by atoms with E-state index in [1.807, 2.05) is 20.8 Å². The van der Waals surface area contributed by atoms with Gasteiger partial charge in [-0.25, -0.2) is 4.79 Å². The van der Waals surface area contributed by atoms with E-state index in [2.05, 4.69) is 16.1 Å². The Hall–Kier alpha value is -3.68. The molecule has 0 saturated heterocycles. The lowest BCUT2D eigenvalue weighted by molar-refractivity contribution is -0.158. The van der Waals surface area contributed by atoms with E-state index in [1.165, 1.54) is 12.1 Å². The highest BCUT2D eigenvalue weighted by molar-refractivity contribution is 6.39. The molecule has 1 aliphatic heterocycles. The van der Waals surface area contributed by atoms with Crippen molar-refractivity contribution in [1.82, 2.24) is 16.1 Å². The summed E-state index contributed by atoms with van der Waals surface area (Å²) >= 11 is 12.2. The van der Waals surface area contributed by atoms with E-state index in [0.717, 1.165) is 12.8 Å². The van der Waals surface area contributed by atoms with Crippen LogP contribution in [0, 0.1) is 5.92 Å². The Morgan fingerprint density at radius 1 is 0.885 bits per heavy atom. The Labute approximate surface area is 316 Å². The van der Waals surface area contributed by atoms with Crippen molar-refractivity contribution in [1.29, 1.82) is 0 Å². The van der Waals surface area contributed by atoms with Gasteiger partial charge in [-0.05, 0) is 78.5 Å². The smallest absolute Gasteiger partial charge is 0.341 e. The third-order valence-electron chi connectivity index (χ3n) is 7.57. The van der Waals surface area contributed by atoms with Crippen LogP contribution in [0.2, 0.25) is 10.0 Å². The van der Waals surface area contributed by atoms with Crippen molar-refractivity contribution in [3.05, 3.63) is 45.6 Å². The lowest BCUT2D eigenvalue weighted by atomic mass is 9.91. The predicted molar refractivity (Wildman–Crippen MR) is 195 cm³/mol. The van der Waals surface area contributed by atoms with Gasteiger partial charge in [-0.15, -0.1) is 0 Å². The van der Waals surface area contributed by atoms with Crippen molar-refractivity contribution in [3.8, 4) is 0 Å². The van der Waals surface area contributed by atoms with Crippen LogP contribution in [0.5, 0.6) is 0 Å². The third kappa shape index (κ3) is 14.4. The molecule has 1 aromatic carbocycles. The van der Waals surface area contributed by atoms with Crippen LogP contribution < -0.4 is 16.1 Å². The van der Waals surface area contributed by atoms with Gasteiger partial charge in [0.25, 0.3) is 5.91 Å². The summed E-state index contributed by atoms with van der Waals surface area (Å²) < 4.78 is 15.9. The molecule has 0 aliphatic carbocycles. The van der Waals surface area contributed by atoms with Gasteiger partial charge in [0.1, 0.15) is 17.2 Å². The number of halogens is 2. The molecule has 0 saturated carbocycles. The fraction of sp³-hybridized carbons (Fsp3) is 0.622. The maximum atomic E-state index is 14.1. The van der Waals surface area contributed by atoms with Gasteiger partial charge in [-0.3, -0.25) is 34.3 Å². The Bertz CT molecular complexity index is 1480. The van der Waals surface area contributed by atoms with Crippen molar-refractivity contribution in [3.63, 3.8) is 0 Å². The number of ketones is 1. The largest absolute Gasteiger partial charge is 0.460 e. The molecule has 52 heavy (non-hydrogen) atoms. The number of carbonyl (C=O) groups excluding carboxylic acids is 6. The Balaban J connectivity index is 2.34. The zero-order valence-electron chi connectivity index (χ0n) is 31.5. The Morgan fingerprint density at radius 3 is 2.04 bits per heavy atom. The summed E-state index contributed by atoms with van der Waals surface area (Å²) in [5.41, 5.74) is -0.153. The molecule has 1 aliphatic rings. The number of amides is 2. The van der Waals surface area contributed by atoms with E-state index in [4.69, 9.17) is 42.3 Å². The second kappa shape index (κ2) is 19.4. The highest BCUT2D eigenvalue weighted by Crippen LogP contribution is 2.31. The first-order valence-corrected chi connectivity index (χ1v) is 18.2. The Kier molecular flexibility index (Phi) is 16.6. The monoisotopic (exact) mass is 769 g/mol. The molecule has 1 unspecified atom stereocenters. The van der Waals surface area contributed by atoms with Gasteiger partial charge in [-0.2, -0.15) is 0 Å². The fourth-order valence-electron chi connectivity index (χ4n) is 5.13. The summed E-state index contributed by atoms with van der Waals surface area (Å²) in [7, 11) is 0. The number of nitrogens with one attached hydrogen (secondary N) is 3. The molecule has 290 valence electrons. The highest BCUT2D eigenvalue weighted by atomic mass is 35.5. The number of esters is 3. The summed E-state index contributed by atoms with van der Waals surface area (Å²) in [6, 6.07) is 2.30. The van der Waals surface area contributed by atoms with Crippen molar-refractivity contribution in [2.45, 2.75) is 136 Å². The SMILES string of the molecule is CCCCCC1(C(=O)N[C@@H](CC(=O)OC(C)(C)C)C(=O)COC(=O)c2c(Cl)cccc2Cl)C=C([C@@H](NC(=O)CCC(=O)OC(C)(C)C)C(C)C)NO1. The van der Waals surface area contributed by atoms with Crippen molar-refractivity contribution in [2.75, 3.05) is 6.61 Å². The topological polar surface area (TPSA) is 175 Å². The van der Waals surface area contributed by atoms with E-state index in [-0.39, 0.29) is 40.8 Å². The molecule has 0 aromatic heterocycles. The van der Waals surface area contributed by atoms with E-state index >= 15 is 0 Å². The molecule has 15 heteroatoms. The molecular weight excluding hydrogens is 717 g/mol. The third-order valence-corrected chi connectivity index (χ3v) is 8.20. The zero-order chi connectivity index (χ0) is 39.4.